The van der Waals surface area contributed by atoms with Gasteiger partial charge < -0.3 is 15.3 Å². The third kappa shape index (κ3) is 1.45. The fourth-order valence-electron chi connectivity index (χ4n) is 3.25. The Morgan fingerprint density at radius 2 is 1.74 bits per heavy atom. The Morgan fingerprint density at radius 3 is 2.48 bits per heavy atom. The Balaban J connectivity index is 2.00. The molecule has 0 spiro atoms. The van der Waals surface area contributed by atoms with Gasteiger partial charge in [-0.25, -0.2) is 4.79 Å². The van der Waals surface area contributed by atoms with E-state index in [1.165, 1.54) is 36.4 Å². The number of benzene rings is 2. The van der Waals surface area contributed by atoms with Crippen LogP contribution in [0.3, 0.4) is 0 Å². The number of hydrogen-bond acceptors (Lipinski definition) is 5. The zero-order valence-corrected chi connectivity index (χ0v) is 11.7. The minimum atomic E-state index is -2.49. The van der Waals surface area contributed by atoms with E-state index in [9.17, 15) is 24.9 Å². The summed E-state index contributed by atoms with van der Waals surface area (Å²) >= 11 is 0. The maximum Gasteiger partial charge on any atom is 0.327 e. The van der Waals surface area contributed by atoms with Crippen LogP contribution in [0, 0.1) is 0 Å². The average Bonchev–Trinajstić information content (AvgIpc) is 2.83. The van der Waals surface area contributed by atoms with Gasteiger partial charge in [0.05, 0.1) is 5.69 Å². The van der Waals surface area contributed by atoms with E-state index in [1.807, 2.05) is 0 Å². The number of carbonyl (C=O) groups is 2. The summed E-state index contributed by atoms with van der Waals surface area (Å²) in [6.07, 6.45) is 0. The fraction of sp³-hybridized carbons (Fsp3) is 0.125. The zero-order valence-electron chi connectivity index (χ0n) is 11.7. The van der Waals surface area contributed by atoms with Gasteiger partial charge in [-0.1, -0.05) is 30.3 Å². The lowest BCUT2D eigenvalue weighted by molar-refractivity contribution is -0.109. The molecule has 0 bridgehead atoms. The van der Waals surface area contributed by atoms with E-state index in [2.05, 4.69) is 5.32 Å². The lowest BCUT2D eigenvalue weighted by Gasteiger charge is -2.35. The van der Waals surface area contributed by atoms with Gasteiger partial charge in [-0.2, -0.15) is 0 Å². The number of carbonyl (C=O) groups excluding carboxylic acids is 2. The molecule has 7 heteroatoms. The summed E-state index contributed by atoms with van der Waals surface area (Å²) in [5.74, 6) is -0.904. The van der Waals surface area contributed by atoms with Crippen LogP contribution >= 0.6 is 0 Å². The van der Waals surface area contributed by atoms with Crippen molar-refractivity contribution in [1.29, 1.82) is 0 Å². The number of amides is 2. The summed E-state index contributed by atoms with van der Waals surface area (Å²) in [7, 11) is 0. The molecule has 116 valence electrons. The first kappa shape index (κ1) is 13.7. The Morgan fingerprint density at radius 1 is 1.00 bits per heavy atom. The average molecular weight is 312 g/mol. The van der Waals surface area contributed by atoms with Gasteiger partial charge >= 0.3 is 6.03 Å². The monoisotopic (exact) mass is 312 g/mol. The van der Waals surface area contributed by atoms with E-state index in [-0.39, 0.29) is 22.6 Å². The molecule has 0 unspecified atom stereocenters. The number of rotatable bonds is 1. The van der Waals surface area contributed by atoms with Crippen LogP contribution in [-0.2, 0) is 5.72 Å². The summed E-state index contributed by atoms with van der Waals surface area (Å²) in [6.45, 7) is 0. The molecule has 2 aromatic rings. The van der Waals surface area contributed by atoms with E-state index in [0.29, 0.717) is 0 Å². The zero-order chi connectivity index (χ0) is 16.4. The number of ketones is 1. The number of hydrogen-bond donors (Lipinski definition) is 4. The van der Waals surface area contributed by atoms with Crippen LogP contribution in [0.2, 0.25) is 0 Å². The number of Topliss-reactive ketones (excluding diaryl/α,β-unsaturated/α-hetero) is 1. The van der Waals surface area contributed by atoms with Gasteiger partial charge in [0.25, 0.3) is 5.72 Å². The van der Waals surface area contributed by atoms with Crippen molar-refractivity contribution < 1.29 is 24.9 Å². The van der Waals surface area contributed by atoms with Gasteiger partial charge in [0.2, 0.25) is 11.5 Å². The predicted molar refractivity (Wildman–Crippen MR) is 78.7 cm³/mol. The van der Waals surface area contributed by atoms with Crippen molar-refractivity contribution in [2.75, 3.05) is 4.90 Å². The van der Waals surface area contributed by atoms with Gasteiger partial charge in [0.1, 0.15) is 5.75 Å². The quantitative estimate of drug-likeness (QED) is 0.618. The second-order valence-corrected chi connectivity index (χ2v) is 5.54. The smallest absolute Gasteiger partial charge is 0.327 e. The fourth-order valence-corrected chi connectivity index (χ4v) is 3.25. The molecule has 7 nitrogen and oxygen atoms in total. The summed E-state index contributed by atoms with van der Waals surface area (Å²) in [6, 6.07) is 10.9. The van der Waals surface area contributed by atoms with Crippen LogP contribution in [-0.4, -0.2) is 32.9 Å². The minimum Gasteiger partial charge on any atom is -0.508 e. The molecule has 2 aromatic carbocycles. The van der Waals surface area contributed by atoms with Gasteiger partial charge in [-0.05, 0) is 12.1 Å². The third-order valence-electron chi connectivity index (χ3n) is 4.28. The van der Waals surface area contributed by atoms with Crippen LogP contribution in [0.5, 0.6) is 5.75 Å². The van der Waals surface area contributed by atoms with E-state index < -0.39 is 23.3 Å². The molecule has 0 saturated carbocycles. The second kappa shape index (κ2) is 4.09. The predicted octanol–water partition coefficient (Wildman–Crippen LogP) is 0.652. The summed E-state index contributed by atoms with van der Waals surface area (Å²) < 4.78 is 0. The first-order chi connectivity index (χ1) is 10.9. The SMILES string of the molecule is O=C1N[C@@]2(O)C(=O)c3ccccc3[C@]2(O)N1c1cccc(O)c1. The molecule has 2 aliphatic rings. The number of urea groups is 1. The number of nitrogens with one attached hydrogen (secondary N) is 1. The molecule has 23 heavy (non-hydrogen) atoms. The van der Waals surface area contributed by atoms with Gasteiger partial charge in [0, 0.05) is 17.2 Å². The number of nitrogens with zero attached hydrogens (tertiary/aromatic N) is 1. The van der Waals surface area contributed by atoms with Crippen LogP contribution in [0.25, 0.3) is 0 Å². The van der Waals surface area contributed by atoms with Gasteiger partial charge in [0.15, 0.2) is 0 Å². The van der Waals surface area contributed by atoms with Crippen LogP contribution in [0.1, 0.15) is 15.9 Å². The molecule has 1 saturated heterocycles. The van der Waals surface area contributed by atoms with E-state index in [0.717, 1.165) is 4.90 Å². The van der Waals surface area contributed by atoms with Gasteiger partial charge in [-0.3, -0.25) is 15.0 Å². The molecule has 1 aliphatic heterocycles. The highest BCUT2D eigenvalue weighted by molar-refractivity contribution is 6.15. The van der Waals surface area contributed by atoms with Crippen molar-refractivity contribution in [3.8, 4) is 5.75 Å². The van der Waals surface area contributed by atoms with Crippen LogP contribution in [0.15, 0.2) is 48.5 Å². The molecule has 1 heterocycles. The molecule has 1 aliphatic carbocycles. The van der Waals surface area contributed by atoms with Crippen LogP contribution < -0.4 is 10.2 Å². The van der Waals surface area contributed by atoms with Crippen molar-refractivity contribution in [2.24, 2.45) is 0 Å². The highest BCUT2D eigenvalue weighted by Gasteiger charge is 2.72. The van der Waals surface area contributed by atoms with E-state index in [1.54, 1.807) is 12.1 Å². The lowest BCUT2D eigenvalue weighted by Crippen LogP contribution is -2.59. The number of fused-ring (bicyclic) bond motifs is 3. The molecule has 2 amide bonds. The summed E-state index contributed by atoms with van der Waals surface area (Å²) in [5.41, 5.74) is -4.40. The minimum absolute atomic E-state index is 0.119. The van der Waals surface area contributed by atoms with Crippen molar-refractivity contribution in [3.05, 3.63) is 59.7 Å². The molecule has 4 rings (SSSR count). The van der Waals surface area contributed by atoms with Gasteiger partial charge in [-0.15, -0.1) is 0 Å². The third-order valence-corrected chi connectivity index (χ3v) is 4.28. The highest BCUT2D eigenvalue weighted by atomic mass is 16.4. The Hall–Kier alpha value is -2.90. The molecular weight excluding hydrogens is 300 g/mol. The Labute approximate surface area is 130 Å². The first-order valence-electron chi connectivity index (χ1n) is 6.90. The molecule has 2 atom stereocenters. The standard InChI is InChI=1S/C16H12N2O5/c19-10-5-3-4-9(8-10)18-14(21)17-15(22)13(20)11-6-1-2-7-12(11)16(15,18)23/h1-8,19,22-23H,(H,17,21)/t15-,16-/m1/s1. The lowest BCUT2D eigenvalue weighted by atomic mass is 9.98. The highest BCUT2D eigenvalue weighted by Crippen LogP contribution is 2.50. The molecule has 0 aromatic heterocycles. The van der Waals surface area contributed by atoms with Crippen molar-refractivity contribution in [1.82, 2.24) is 5.32 Å². The molecule has 1 fully saturated rings. The van der Waals surface area contributed by atoms with Crippen LogP contribution in [0.4, 0.5) is 10.5 Å². The van der Waals surface area contributed by atoms with E-state index in [4.69, 9.17) is 0 Å². The molecule has 0 radical (unpaired) electrons. The van der Waals surface area contributed by atoms with E-state index >= 15 is 0 Å². The summed E-state index contributed by atoms with van der Waals surface area (Å²) in [4.78, 5) is 25.7. The number of phenols is 1. The first-order valence-corrected chi connectivity index (χ1v) is 6.90. The summed E-state index contributed by atoms with van der Waals surface area (Å²) in [5, 5.41) is 33.7. The molecular formula is C16H12N2O5. The maximum absolute atomic E-state index is 12.5. The topological polar surface area (TPSA) is 110 Å². The Kier molecular flexibility index (Phi) is 2.45. The van der Waals surface area contributed by atoms with Crippen molar-refractivity contribution in [3.63, 3.8) is 0 Å². The molecule has 4 N–H and O–H groups in total. The number of anilines is 1. The number of phenolic OH excluding ortho intramolecular Hbond substituents is 1. The Bertz CT molecular complexity index is 867. The number of aromatic hydroxyl groups is 1. The normalized spacial score (nSPS) is 28.5. The largest absolute Gasteiger partial charge is 0.508 e. The van der Waals surface area contributed by atoms with Crippen molar-refractivity contribution in [2.45, 2.75) is 11.4 Å². The van der Waals surface area contributed by atoms with Crippen molar-refractivity contribution >= 4 is 17.5 Å². The number of aliphatic hydroxyl groups is 2. The second-order valence-electron chi connectivity index (χ2n) is 5.54. The maximum atomic E-state index is 12.5.